The van der Waals surface area contributed by atoms with Gasteiger partial charge in [0.15, 0.2) is 0 Å². The van der Waals surface area contributed by atoms with Crippen molar-refractivity contribution in [2.45, 2.75) is 45.8 Å². The lowest BCUT2D eigenvalue weighted by Gasteiger charge is -2.34. The molecule has 1 saturated heterocycles. The fraction of sp³-hybridized carbons (Fsp3) is 0.625. The van der Waals surface area contributed by atoms with E-state index < -0.39 is 0 Å². The summed E-state index contributed by atoms with van der Waals surface area (Å²) >= 11 is 0. The predicted octanol–water partition coefficient (Wildman–Crippen LogP) is 2.13. The van der Waals surface area contributed by atoms with Gasteiger partial charge in [-0.25, -0.2) is 4.98 Å². The molecule has 1 amide bonds. The first-order chi connectivity index (χ1) is 9.99. The van der Waals surface area contributed by atoms with E-state index in [-0.39, 0.29) is 24.0 Å². The number of nitrogens with zero attached hydrogens (tertiary/aromatic N) is 2. The summed E-state index contributed by atoms with van der Waals surface area (Å²) < 4.78 is 0. The van der Waals surface area contributed by atoms with Crippen LogP contribution in [0.25, 0.3) is 0 Å². The number of aliphatic hydroxyl groups is 1. The van der Waals surface area contributed by atoms with Gasteiger partial charge in [0.05, 0.1) is 11.7 Å². The molecule has 2 heterocycles. The monoisotopic (exact) mass is 291 g/mol. The van der Waals surface area contributed by atoms with Crippen LogP contribution in [0.1, 0.15) is 44.0 Å². The maximum absolute atomic E-state index is 12.7. The highest BCUT2D eigenvalue weighted by molar-refractivity contribution is 5.98. The summed E-state index contributed by atoms with van der Waals surface area (Å²) in [7, 11) is 0. The van der Waals surface area contributed by atoms with Gasteiger partial charge in [-0.3, -0.25) is 4.79 Å². The van der Waals surface area contributed by atoms with E-state index in [0.717, 1.165) is 19.4 Å². The van der Waals surface area contributed by atoms with E-state index in [1.54, 1.807) is 19.2 Å². The highest BCUT2D eigenvalue weighted by Gasteiger charge is 2.28. The molecule has 0 saturated carbocycles. The highest BCUT2D eigenvalue weighted by Crippen LogP contribution is 2.23. The summed E-state index contributed by atoms with van der Waals surface area (Å²) in [4.78, 5) is 18.9. The third-order valence-corrected chi connectivity index (χ3v) is 3.89. The van der Waals surface area contributed by atoms with Gasteiger partial charge in [-0.2, -0.15) is 0 Å². The third kappa shape index (κ3) is 3.94. The second kappa shape index (κ2) is 6.89. The number of carbonyl (C=O) groups is 1. The van der Waals surface area contributed by atoms with Crippen LogP contribution in [0.3, 0.4) is 0 Å². The minimum absolute atomic E-state index is 0.00315. The quantitative estimate of drug-likeness (QED) is 0.892. The zero-order valence-electron chi connectivity index (χ0n) is 13.0. The van der Waals surface area contributed by atoms with Crippen LogP contribution < -0.4 is 5.32 Å². The number of pyridine rings is 1. The largest absolute Gasteiger partial charge is 0.393 e. The van der Waals surface area contributed by atoms with Gasteiger partial charge in [0.1, 0.15) is 5.82 Å². The number of piperidine rings is 1. The number of anilines is 1. The lowest BCUT2D eigenvalue weighted by atomic mass is 9.93. The second-order valence-corrected chi connectivity index (χ2v) is 6.09. The first-order valence-corrected chi connectivity index (χ1v) is 7.68. The van der Waals surface area contributed by atoms with Gasteiger partial charge in [-0.15, -0.1) is 0 Å². The van der Waals surface area contributed by atoms with Crippen LogP contribution in [0.2, 0.25) is 0 Å². The Hall–Kier alpha value is -1.62. The molecule has 2 N–H and O–H groups in total. The molecule has 1 aromatic rings. The fourth-order valence-electron chi connectivity index (χ4n) is 2.72. The lowest BCUT2D eigenvalue weighted by Crippen LogP contribution is -2.43. The van der Waals surface area contributed by atoms with Gasteiger partial charge in [0, 0.05) is 31.2 Å². The smallest absolute Gasteiger partial charge is 0.257 e. The van der Waals surface area contributed by atoms with Crippen molar-refractivity contribution in [1.82, 2.24) is 9.88 Å². The van der Waals surface area contributed by atoms with Crippen molar-refractivity contribution in [2.24, 2.45) is 5.92 Å². The molecule has 1 fully saturated rings. The molecule has 0 radical (unpaired) electrons. The molecule has 0 aliphatic carbocycles. The Balaban J connectivity index is 2.16. The van der Waals surface area contributed by atoms with E-state index in [2.05, 4.69) is 10.3 Å². The van der Waals surface area contributed by atoms with E-state index in [1.165, 1.54) is 0 Å². The van der Waals surface area contributed by atoms with Crippen LogP contribution in [-0.4, -0.2) is 46.1 Å². The van der Waals surface area contributed by atoms with Gasteiger partial charge in [0.2, 0.25) is 0 Å². The normalized spacial score (nSPS) is 20.4. The van der Waals surface area contributed by atoms with Crippen molar-refractivity contribution >= 4 is 11.7 Å². The molecule has 1 aliphatic rings. The van der Waals surface area contributed by atoms with Crippen LogP contribution in [0.15, 0.2) is 18.3 Å². The lowest BCUT2D eigenvalue weighted by molar-refractivity contribution is 0.0466. The zero-order valence-corrected chi connectivity index (χ0v) is 13.0. The molecule has 2 rings (SSSR count). The average Bonchev–Trinajstić information content (AvgIpc) is 2.46. The average molecular weight is 291 g/mol. The van der Waals surface area contributed by atoms with Crippen molar-refractivity contribution in [3.63, 3.8) is 0 Å². The first kappa shape index (κ1) is 15.8. The number of aliphatic hydroxyl groups excluding tert-OH is 1. The van der Waals surface area contributed by atoms with Crippen LogP contribution in [0, 0.1) is 5.92 Å². The molecule has 2 unspecified atom stereocenters. The summed E-state index contributed by atoms with van der Waals surface area (Å²) in [5.41, 5.74) is 0.609. The van der Waals surface area contributed by atoms with E-state index in [0.29, 0.717) is 17.9 Å². The molecule has 5 nitrogen and oxygen atoms in total. The van der Waals surface area contributed by atoms with Gasteiger partial charge >= 0.3 is 0 Å². The molecule has 21 heavy (non-hydrogen) atoms. The first-order valence-electron chi connectivity index (χ1n) is 7.68. The van der Waals surface area contributed by atoms with Crippen molar-refractivity contribution in [3.05, 3.63) is 23.9 Å². The van der Waals surface area contributed by atoms with Crippen molar-refractivity contribution in [3.8, 4) is 0 Å². The molecule has 0 aromatic carbocycles. The van der Waals surface area contributed by atoms with Crippen LogP contribution in [-0.2, 0) is 0 Å². The summed E-state index contributed by atoms with van der Waals surface area (Å²) in [5, 5.41) is 13.0. The molecular weight excluding hydrogens is 266 g/mol. The molecular formula is C16H25N3O2. The fourth-order valence-corrected chi connectivity index (χ4v) is 2.72. The molecule has 0 bridgehead atoms. The minimum atomic E-state index is -0.372. The van der Waals surface area contributed by atoms with Gasteiger partial charge in [-0.05, 0) is 45.7 Å². The van der Waals surface area contributed by atoms with Crippen LogP contribution in [0.5, 0.6) is 0 Å². The number of aromatic nitrogens is 1. The van der Waals surface area contributed by atoms with Gasteiger partial charge in [0.25, 0.3) is 5.91 Å². The Morgan fingerprint density at radius 3 is 2.90 bits per heavy atom. The molecule has 0 spiro atoms. The summed E-state index contributed by atoms with van der Waals surface area (Å²) in [6.45, 7) is 7.21. The van der Waals surface area contributed by atoms with E-state index in [4.69, 9.17) is 0 Å². The number of likely N-dealkylation sites (tertiary alicyclic amines) is 1. The minimum Gasteiger partial charge on any atom is -0.393 e. The zero-order chi connectivity index (χ0) is 15.4. The van der Waals surface area contributed by atoms with Gasteiger partial charge in [-0.1, -0.05) is 0 Å². The summed E-state index contributed by atoms with van der Waals surface area (Å²) in [5.74, 6) is 0.800. The number of amides is 1. The maximum Gasteiger partial charge on any atom is 0.257 e. The number of nitrogens with one attached hydrogen (secondary N) is 1. The van der Waals surface area contributed by atoms with E-state index in [9.17, 15) is 9.90 Å². The molecule has 116 valence electrons. The predicted molar refractivity (Wildman–Crippen MR) is 83.3 cm³/mol. The Morgan fingerprint density at radius 1 is 1.48 bits per heavy atom. The Morgan fingerprint density at radius 2 is 2.24 bits per heavy atom. The van der Waals surface area contributed by atoms with Crippen molar-refractivity contribution < 1.29 is 9.90 Å². The standard InChI is InChI=1S/C16H25N3O2/c1-11(2)18-15-14(7-4-8-17-15)16(21)19-9-5-6-13(10-19)12(3)20/h4,7-8,11-13,20H,5-6,9-10H2,1-3H3,(H,17,18). The number of rotatable bonds is 4. The molecule has 1 aliphatic heterocycles. The van der Waals surface area contributed by atoms with Crippen molar-refractivity contribution in [1.29, 1.82) is 0 Å². The topological polar surface area (TPSA) is 65.5 Å². The molecule has 2 atom stereocenters. The SMILES string of the molecule is CC(C)Nc1ncccc1C(=O)N1CCCC(C(C)O)C1. The van der Waals surface area contributed by atoms with E-state index >= 15 is 0 Å². The highest BCUT2D eigenvalue weighted by atomic mass is 16.3. The third-order valence-electron chi connectivity index (χ3n) is 3.89. The van der Waals surface area contributed by atoms with E-state index in [1.807, 2.05) is 24.8 Å². The maximum atomic E-state index is 12.7. The van der Waals surface area contributed by atoms with Crippen LogP contribution in [0.4, 0.5) is 5.82 Å². The van der Waals surface area contributed by atoms with Crippen LogP contribution >= 0.6 is 0 Å². The Bertz CT molecular complexity index is 488. The molecule has 1 aromatic heterocycles. The molecule has 5 heteroatoms. The number of hydrogen-bond donors (Lipinski definition) is 2. The Kier molecular flexibility index (Phi) is 5.17. The van der Waals surface area contributed by atoms with Gasteiger partial charge < -0.3 is 15.3 Å². The number of hydrogen-bond acceptors (Lipinski definition) is 4. The van der Waals surface area contributed by atoms with Crippen molar-refractivity contribution in [2.75, 3.05) is 18.4 Å². The summed E-state index contributed by atoms with van der Waals surface area (Å²) in [6, 6.07) is 3.82. The number of carbonyl (C=O) groups excluding carboxylic acids is 1. The second-order valence-electron chi connectivity index (χ2n) is 6.09. The summed E-state index contributed by atoms with van der Waals surface area (Å²) in [6.07, 6.45) is 3.24. The Labute approximate surface area is 126 Å².